The first-order chi connectivity index (χ1) is 7.52. The van der Waals surface area contributed by atoms with Crippen LogP contribution in [0, 0.1) is 0 Å². The third kappa shape index (κ3) is 6.02. The number of rotatable bonds is 5. The molecule has 1 heterocycles. The fourth-order valence-corrected chi connectivity index (χ4v) is 2.13. The molecule has 1 aromatic rings. The highest BCUT2D eigenvalue weighted by atomic mass is 35.5. The molecule has 0 aliphatic rings. The molecule has 0 radical (unpaired) electrons. The van der Waals surface area contributed by atoms with Crippen molar-refractivity contribution in [2.24, 2.45) is 5.73 Å². The van der Waals surface area contributed by atoms with Crippen LogP contribution in [-0.2, 0) is 4.79 Å². The molecule has 1 aromatic heterocycles. The lowest BCUT2D eigenvalue weighted by molar-refractivity contribution is -0.122. The molecule has 0 saturated carbocycles. The highest BCUT2D eigenvalue weighted by Gasteiger charge is 2.16. The first-order valence-corrected chi connectivity index (χ1v) is 6.18. The lowest BCUT2D eigenvalue weighted by atomic mass is 10.1. The summed E-state index contributed by atoms with van der Waals surface area (Å²) in [5.41, 5.74) is 6.72. The average molecular weight is 314 g/mol. The van der Waals surface area contributed by atoms with Gasteiger partial charge in [-0.2, -0.15) is 11.3 Å². The van der Waals surface area contributed by atoms with Crippen LogP contribution in [0.2, 0.25) is 0 Å². The Morgan fingerprint density at radius 2 is 2.11 bits per heavy atom. The highest BCUT2D eigenvalue weighted by molar-refractivity contribution is 7.07. The van der Waals surface area contributed by atoms with Crippen molar-refractivity contribution in [2.75, 3.05) is 20.6 Å². The van der Waals surface area contributed by atoms with Crippen LogP contribution in [0.4, 0.5) is 0 Å². The maximum absolute atomic E-state index is 11.4. The van der Waals surface area contributed by atoms with E-state index in [1.165, 1.54) is 5.56 Å². The normalized spacial score (nSPS) is 13.2. The van der Waals surface area contributed by atoms with E-state index in [-0.39, 0.29) is 36.8 Å². The number of halogens is 2. The Hall–Kier alpha value is -0.330. The largest absolute Gasteiger partial charge is 0.353 e. The second kappa shape index (κ2) is 9.58. The Balaban J connectivity index is 0. The number of amides is 1. The van der Waals surface area contributed by atoms with Crippen LogP contribution in [0.5, 0.6) is 0 Å². The Morgan fingerprint density at radius 1 is 1.50 bits per heavy atom. The van der Waals surface area contributed by atoms with E-state index >= 15 is 0 Å². The van der Waals surface area contributed by atoms with Gasteiger partial charge < -0.3 is 16.0 Å². The smallest absolute Gasteiger partial charge is 0.236 e. The van der Waals surface area contributed by atoms with Gasteiger partial charge in [0.15, 0.2) is 0 Å². The number of nitrogens with zero attached hydrogens (tertiary/aromatic N) is 1. The monoisotopic (exact) mass is 313 g/mol. The van der Waals surface area contributed by atoms with E-state index in [0.29, 0.717) is 6.54 Å². The Kier molecular flexibility index (Phi) is 10.6. The molecule has 0 aliphatic carbocycles. The summed E-state index contributed by atoms with van der Waals surface area (Å²) in [6.07, 6.45) is 0. The van der Waals surface area contributed by atoms with Crippen LogP contribution >= 0.6 is 36.2 Å². The fraction of sp³-hybridized carbons (Fsp3) is 0.545. The van der Waals surface area contributed by atoms with Gasteiger partial charge in [-0.3, -0.25) is 4.79 Å². The number of nitrogens with one attached hydrogen (secondary N) is 1. The molecule has 0 spiro atoms. The molecule has 0 saturated heterocycles. The number of carbonyl (C=O) groups is 1. The number of thiophene rings is 1. The number of hydrogen-bond acceptors (Lipinski definition) is 4. The van der Waals surface area contributed by atoms with Crippen molar-refractivity contribution < 1.29 is 4.79 Å². The van der Waals surface area contributed by atoms with E-state index in [1.54, 1.807) is 18.3 Å². The average Bonchev–Trinajstić information content (AvgIpc) is 2.70. The number of nitrogens with two attached hydrogens (primary N) is 1. The molecule has 4 nitrogen and oxygen atoms in total. The van der Waals surface area contributed by atoms with Crippen molar-refractivity contribution in [1.82, 2.24) is 10.2 Å². The second-order valence-electron chi connectivity index (χ2n) is 4.07. The molecular weight excluding hydrogens is 293 g/mol. The van der Waals surface area contributed by atoms with Gasteiger partial charge in [0.1, 0.15) is 0 Å². The maximum atomic E-state index is 11.4. The first-order valence-electron chi connectivity index (χ1n) is 5.24. The summed E-state index contributed by atoms with van der Waals surface area (Å²) < 4.78 is 0. The molecule has 18 heavy (non-hydrogen) atoms. The Morgan fingerprint density at radius 3 is 2.50 bits per heavy atom. The highest BCUT2D eigenvalue weighted by Crippen LogP contribution is 2.19. The quantitative estimate of drug-likeness (QED) is 0.869. The minimum Gasteiger partial charge on any atom is -0.353 e. The third-order valence-electron chi connectivity index (χ3n) is 2.43. The molecule has 1 unspecified atom stereocenters. The van der Waals surface area contributed by atoms with E-state index < -0.39 is 6.04 Å². The summed E-state index contributed by atoms with van der Waals surface area (Å²) in [5.74, 6) is -0.109. The SMILES string of the molecule is C[C@H](N)C(=O)NCC(c1ccsc1)N(C)C.Cl.Cl. The number of likely N-dealkylation sites (N-methyl/N-ethyl adjacent to an activating group) is 1. The van der Waals surface area contributed by atoms with Crippen LogP contribution < -0.4 is 11.1 Å². The summed E-state index contributed by atoms with van der Waals surface area (Å²) in [6.45, 7) is 2.27. The fourth-order valence-electron chi connectivity index (χ4n) is 1.42. The van der Waals surface area contributed by atoms with Gasteiger partial charge in [0.2, 0.25) is 5.91 Å². The zero-order valence-corrected chi connectivity index (χ0v) is 13.2. The molecule has 0 fully saturated rings. The van der Waals surface area contributed by atoms with Crippen LogP contribution in [0.1, 0.15) is 18.5 Å². The molecular formula is C11H21Cl2N3OS. The minimum atomic E-state index is -0.453. The first kappa shape index (κ1) is 20.0. The van der Waals surface area contributed by atoms with Gasteiger partial charge in [-0.1, -0.05) is 0 Å². The number of carbonyl (C=O) groups excluding carboxylic acids is 1. The van der Waals surface area contributed by atoms with Crippen molar-refractivity contribution in [2.45, 2.75) is 19.0 Å². The molecule has 2 atom stereocenters. The van der Waals surface area contributed by atoms with E-state index in [9.17, 15) is 4.79 Å². The van der Waals surface area contributed by atoms with Crippen molar-refractivity contribution in [3.8, 4) is 0 Å². The summed E-state index contributed by atoms with van der Waals surface area (Å²) in [6, 6.07) is 1.83. The number of hydrogen-bond donors (Lipinski definition) is 2. The van der Waals surface area contributed by atoms with Gasteiger partial charge >= 0.3 is 0 Å². The summed E-state index contributed by atoms with van der Waals surface area (Å²) in [5, 5.41) is 6.99. The molecule has 0 aromatic carbocycles. The van der Waals surface area contributed by atoms with Gasteiger partial charge in [0.25, 0.3) is 0 Å². The van der Waals surface area contributed by atoms with Crippen molar-refractivity contribution in [1.29, 1.82) is 0 Å². The molecule has 106 valence electrons. The summed E-state index contributed by atoms with van der Waals surface area (Å²) >= 11 is 1.66. The molecule has 7 heteroatoms. The zero-order chi connectivity index (χ0) is 12.1. The molecule has 0 bridgehead atoms. The Labute approximate surface area is 125 Å². The Bertz CT molecular complexity index is 331. The van der Waals surface area contributed by atoms with E-state index in [4.69, 9.17) is 5.73 Å². The van der Waals surface area contributed by atoms with E-state index in [2.05, 4.69) is 21.7 Å². The molecule has 1 amide bonds. The van der Waals surface area contributed by atoms with Gasteiger partial charge in [-0.25, -0.2) is 0 Å². The predicted octanol–water partition coefficient (Wildman–Crippen LogP) is 1.66. The maximum Gasteiger partial charge on any atom is 0.236 e. The van der Waals surface area contributed by atoms with Gasteiger partial charge in [-0.05, 0) is 43.4 Å². The third-order valence-corrected chi connectivity index (χ3v) is 3.14. The standard InChI is InChI=1S/C11H19N3OS.2ClH/c1-8(12)11(15)13-6-10(14(2)3)9-4-5-16-7-9;;/h4-5,7-8,10H,6,12H2,1-3H3,(H,13,15);2*1H/t8-,10?;;/m0../s1. The van der Waals surface area contributed by atoms with Gasteiger partial charge in [-0.15, -0.1) is 24.8 Å². The van der Waals surface area contributed by atoms with Crippen molar-refractivity contribution >= 4 is 42.1 Å². The van der Waals surface area contributed by atoms with E-state index in [0.717, 1.165) is 0 Å². The predicted molar refractivity (Wildman–Crippen MR) is 81.9 cm³/mol. The molecule has 0 aliphatic heterocycles. The van der Waals surface area contributed by atoms with Gasteiger partial charge in [0.05, 0.1) is 12.1 Å². The molecule has 1 rings (SSSR count). The lowest BCUT2D eigenvalue weighted by Gasteiger charge is -2.24. The van der Waals surface area contributed by atoms with Crippen molar-refractivity contribution in [3.05, 3.63) is 22.4 Å². The van der Waals surface area contributed by atoms with Gasteiger partial charge in [0, 0.05) is 6.54 Å². The van der Waals surface area contributed by atoms with E-state index in [1.807, 2.05) is 19.5 Å². The van der Waals surface area contributed by atoms with Crippen LogP contribution in [-0.4, -0.2) is 37.5 Å². The van der Waals surface area contributed by atoms with Crippen molar-refractivity contribution in [3.63, 3.8) is 0 Å². The summed E-state index contributed by atoms with van der Waals surface area (Å²) in [7, 11) is 4.00. The second-order valence-corrected chi connectivity index (χ2v) is 4.85. The summed E-state index contributed by atoms with van der Waals surface area (Å²) in [4.78, 5) is 13.5. The molecule has 3 N–H and O–H groups in total. The minimum absolute atomic E-state index is 0. The van der Waals surface area contributed by atoms with Crippen LogP contribution in [0.3, 0.4) is 0 Å². The topological polar surface area (TPSA) is 58.4 Å². The van der Waals surface area contributed by atoms with Crippen LogP contribution in [0.25, 0.3) is 0 Å². The zero-order valence-electron chi connectivity index (χ0n) is 10.8. The van der Waals surface area contributed by atoms with Crippen LogP contribution in [0.15, 0.2) is 16.8 Å². The lowest BCUT2D eigenvalue weighted by Crippen LogP contribution is -2.42.